The van der Waals surface area contributed by atoms with Crippen molar-refractivity contribution in [1.82, 2.24) is 10.2 Å². The van der Waals surface area contributed by atoms with Crippen molar-refractivity contribution < 1.29 is 9.59 Å². The van der Waals surface area contributed by atoms with Gasteiger partial charge in [-0.15, -0.1) is 10.2 Å². The van der Waals surface area contributed by atoms with Crippen molar-refractivity contribution in [3.63, 3.8) is 0 Å². The SMILES string of the molecule is CCC(=O)Nc1ccc(C(=O)CSc2nnc(-c3ccccc3)c3ccccc23)cc1. The number of anilines is 1. The molecule has 0 aliphatic carbocycles. The van der Waals surface area contributed by atoms with Gasteiger partial charge in [-0.2, -0.15) is 0 Å². The Bertz CT molecular complexity index is 1220. The van der Waals surface area contributed by atoms with Gasteiger partial charge in [-0.3, -0.25) is 9.59 Å². The van der Waals surface area contributed by atoms with E-state index in [2.05, 4.69) is 15.5 Å². The summed E-state index contributed by atoms with van der Waals surface area (Å²) in [7, 11) is 0. The van der Waals surface area contributed by atoms with Crippen molar-refractivity contribution >= 4 is 39.9 Å². The molecule has 1 heterocycles. The number of aromatic nitrogens is 2. The molecule has 0 atom stereocenters. The average Bonchev–Trinajstić information content (AvgIpc) is 2.83. The zero-order chi connectivity index (χ0) is 21.6. The number of carbonyl (C=O) groups is 2. The van der Waals surface area contributed by atoms with Crippen LogP contribution in [0.2, 0.25) is 0 Å². The molecule has 0 aliphatic rings. The second-order valence-electron chi connectivity index (χ2n) is 6.96. The fraction of sp³-hybridized carbons (Fsp3) is 0.120. The van der Waals surface area contributed by atoms with Crippen LogP contribution in [0.5, 0.6) is 0 Å². The first-order valence-corrected chi connectivity index (χ1v) is 11.0. The third-order valence-electron chi connectivity index (χ3n) is 4.85. The van der Waals surface area contributed by atoms with E-state index in [9.17, 15) is 9.59 Å². The van der Waals surface area contributed by atoms with Gasteiger partial charge in [0.1, 0.15) is 10.7 Å². The minimum Gasteiger partial charge on any atom is -0.326 e. The van der Waals surface area contributed by atoms with Gasteiger partial charge in [0.25, 0.3) is 0 Å². The van der Waals surface area contributed by atoms with E-state index in [-0.39, 0.29) is 17.4 Å². The third-order valence-corrected chi connectivity index (χ3v) is 5.83. The number of carbonyl (C=O) groups excluding carboxylic acids is 2. The Balaban J connectivity index is 1.52. The summed E-state index contributed by atoms with van der Waals surface area (Å²) in [6.45, 7) is 1.80. The molecule has 0 unspecified atom stereocenters. The number of thioether (sulfide) groups is 1. The molecule has 0 saturated heterocycles. The fourth-order valence-corrected chi connectivity index (χ4v) is 4.07. The Morgan fingerprint density at radius 1 is 0.839 bits per heavy atom. The van der Waals surface area contributed by atoms with Crippen LogP contribution in [0.25, 0.3) is 22.0 Å². The van der Waals surface area contributed by atoms with Crippen LogP contribution >= 0.6 is 11.8 Å². The van der Waals surface area contributed by atoms with Gasteiger partial charge in [-0.1, -0.05) is 73.3 Å². The highest BCUT2D eigenvalue weighted by Crippen LogP contribution is 2.31. The van der Waals surface area contributed by atoms with Gasteiger partial charge in [0.15, 0.2) is 5.78 Å². The van der Waals surface area contributed by atoms with E-state index < -0.39 is 0 Å². The zero-order valence-electron chi connectivity index (χ0n) is 17.0. The summed E-state index contributed by atoms with van der Waals surface area (Å²) in [4.78, 5) is 24.2. The van der Waals surface area contributed by atoms with E-state index >= 15 is 0 Å². The predicted molar refractivity (Wildman–Crippen MR) is 125 cm³/mol. The molecule has 0 bridgehead atoms. The van der Waals surface area contributed by atoms with Crippen molar-refractivity contribution in [2.24, 2.45) is 0 Å². The Kier molecular flexibility index (Phi) is 6.38. The molecule has 1 N–H and O–H groups in total. The predicted octanol–water partition coefficient (Wildman–Crippen LogP) is 5.62. The first-order chi connectivity index (χ1) is 15.2. The number of nitrogens with zero attached hydrogens (tertiary/aromatic N) is 2. The van der Waals surface area contributed by atoms with E-state index in [0.717, 1.165) is 27.1 Å². The zero-order valence-corrected chi connectivity index (χ0v) is 17.9. The number of hydrogen-bond donors (Lipinski definition) is 1. The quantitative estimate of drug-likeness (QED) is 0.306. The molecule has 1 aromatic heterocycles. The summed E-state index contributed by atoms with van der Waals surface area (Å²) in [5, 5.41) is 14.4. The molecular formula is C25H21N3O2S. The molecule has 31 heavy (non-hydrogen) atoms. The molecule has 0 aliphatic heterocycles. The molecule has 0 spiro atoms. The van der Waals surface area contributed by atoms with Crippen LogP contribution in [-0.4, -0.2) is 27.6 Å². The minimum absolute atomic E-state index is 0.00335. The number of nitrogens with one attached hydrogen (secondary N) is 1. The maximum absolute atomic E-state index is 12.7. The fourth-order valence-electron chi connectivity index (χ4n) is 3.20. The van der Waals surface area contributed by atoms with Gasteiger partial charge in [-0.05, 0) is 24.3 Å². The van der Waals surface area contributed by atoms with Crippen molar-refractivity contribution in [2.75, 3.05) is 11.1 Å². The van der Waals surface area contributed by atoms with Crippen LogP contribution in [0.4, 0.5) is 5.69 Å². The normalized spacial score (nSPS) is 10.7. The largest absolute Gasteiger partial charge is 0.326 e. The Morgan fingerprint density at radius 2 is 1.52 bits per heavy atom. The van der Waals surface area contributed by atoms with Gasteiger partial charge in [-0.25, -0.2) is 0 Å². The highest BCUT2D eigenvalue weighted by atomic mass is 32.2. The van der Waals surface area contributed by atoms with E-state index in [1.807, 2.05) is 54.6 Å². The van der Waals surface area contributed by atoms with Crippen LogP contribution in [0.1, 0.15) is 23.7 Å². The second-order valence-corrected chi connectivity index (χ2v) is 7.92. The number of hydrogen-bond acceptors (Lipinski definition) is 5. The lowest BCUT2D eigenvalue weighted by atomic mass is 10.1. The maximum Gasteiger partial charge on any atom is 0.224 e. The maximum atomic E-state index is 12.7. The first-order valence-electron chi connectivity index (χ1n) is 10.0. The van der Waals surface area contributed by atoms with Crippen LogP contribution in [0.3, 0.4) is 0 Å². The Morgan fingerprint density at radius 3 is 2.23 bits per heavy atom. The molecule has 0 fully saturated rings. The lowest BCUT2D eigenvalue weighted by Gasteiger charge is -2.09. The van der Waals surface area contributed by atoms with Gasteiger partial charge >= 0.3 is 0 Å². The number of fused-ring (bicyclic) bond motifs is 1. The molecule has 4 aromatic rings. The number of amides is 1. The Labute approximate surface area is 184 Å². The summed E-state index contributed by atoms with van der Waals surface area (Å²) >= 11 is 1.38. The van der Waals surface area contributed by atoms with Crippen LogP contribution < -0.4 is 5.32 Å². The highest BCUT2D eigenvalue weighted by molar-refractivity contribution is 8.00. The van der Waals surface area contributed by atoms with E-state index in [4.69, 9.17) is 0 Å². The lowest BCUT2D eigenvalue weighted by Crippen LogP contribution is -2.09. The number of benzene rings is 3. The molecular weight excluding hydrogens is 406 g/mol. The molecule has 1 amide bonds. The molecule has 5 nitrogen and oxygen atoms in total. The summed E-state index contributed by atoms with van der Waals surface area (Å²) in [6, 6.07) is 24.9. The first kappa shape index (κ1) is 20.8. The van der Waals surface area contributed by atoms with E-state index in [1.165, 1.54) is 11.8 Å². The monoisotopic (exact) mass is 427 g/mol. The van der Waals surface area contributed by atoms with Gasteiger partial charge in [0.05, 0.1) is 5.75 Å². The molecule has 6 heteroatoms. The van der Waals surface area contributed by atoms with Crippen LogP contribution in [-0.2, 0) is 4.79 Å². The van der Waals surface area contributed by atoms with Gasteiger partial charge in [0, 0.05) is 34.0 Å². The summed E-state index contributed by atoms with van der Waals surface area (Å²) < 4.78 is 0. The lowest BCUT2D eigenvalue weighted by molar-refractivity contribution is -0.115. The minimum atomic E-state index is -0.0564. The van der Waals surface area contributed by atoms with Crippen molar-refractivity contribution in [3.05, 3.63) is 84.4 Å². The van der Waals surface area contributed by atoms with E-state index in [1.54, 1.807) is 31.2 Å². The molecule has 0 radical (unpaired) electrons. The van der Waals surface area contributed by atoms with Crippen LogP contribution in [0, 0.1) is 0 Å². The molecule has 4 rings (SSSR count). The molecule has 154 valence electrons. The number of Topliss-reactive ketones (excluding diaryl/α,β-unsaturated/α-hetero) is 1. The van der Waals surface area contributed by atoms with Crippen molar-refractivity contribution in [1.29, 1.82) is 0 Å². The summed E-state index contributed by atoms with van der Waals surface area (Å²) in [6.07, 6.45) is 0.412. The standard InChI is InChI=1S/C25H21N3O2S/c1-2-23(30)26-19-14-12-17(13-15-19)22(29)16-31-25-21-11-7-6-10-20(21)24(27-28-25)18-8-4-3-5-9-18/h3-15H,2,16H2,1H3,(H,26,30). The molecule has 3 aromatic carbocycles. The van der Waals surface area contributed by atoms with Crippen LogP contribution in [0.15, 0.2) is 83.9 Å². The summed E-state index contributed by atoms with van der Waals surface area (Å²) in [5.74, 6) is 0.194. The van der Waals surface area contributed by atoms with Crippen molar-refractivity contribution in [2.45, 2.75) is 18.4 Å². The molecule has 0 saturated carbocycles. The average molecular weight is 428 g/mol. The van der Waals surface area contributed by atoms with Crippen molar-refractivity contribution in [3.8, 4) is 11.3 Å². The van der Waals surface area contributed by atoms with E-state index in [0.29, 0.717) is 17.7 Å². The number of rotatable bonds is 7. The number of ketones is 1. The highest BCUT2D eigenvalue weighted by Gasteiger charge is 2.13. The third kappa shape index (κ3) is 4.81. The van der Waals surface area contributed by atoms with Gasteiger partial charge < -0.3 is 5.32 Å². The smallest absolute Gasteiger partial charge is 0.224 e. The summed E-state index contributed by atoms with van der Waals surface area (Å²) in [5.41, 5.74) is 3.12. The topological polar surface area (TPSA) is 72.0 Å². The second kappa shape index (κ2) is 9.53. The Hall–Kier alpha value is -3.51. The van der Waals surface area contributed by atoms with Gasteiger partial charge in [0.2, 0.25) is 5.91 Å².